The molecule has 0 atom stereocenters. The number of nitrogens with one attached hydrogen (secondary N) is 1. The number of hydrogen-bond donors (Lipinski definition) is 1. The first-order valence-electron chi connectivity index (χ1n) is 8.71. The molecule has 140 valence electrons. The summed E-state index contributed by atoms with van der Waals surface area (Å²) in [6, 6.07) is 12.8. The second-order valence-electron chi connectivity index (χ2n) is 6.42. The third-order valence-corrected chi connectivity index (χ3v) is 4.59. The van der Waals surface area contributed by atoms with Gasteiger partial charge in [0.1, 0.15) is 17.6 Å². The van der Waals surface area contributed by atoms with Crippen molar-refractivity contribution in [2.45, 2.75) is 13.1 Å². The molecule has 8 heteroatoms. The molecule has 1 amide bonds. The molecule has 8 nitrogen and oxygen atoms in total. The monoisotopic (exact) mass is 377 g/mol. The molecule has 1 aliphatic rings. The van der Waals surface area contributed by atoms with Gasteiger partial charge in [-0.2, -0.15) is 0 Å². The molecular weight excluding hydrogens is 362 g/mol. The Morgan fingerprint density at radius 1 is 1.14 bits per heavy atom. The second kappa shape index (κ2) is 6.41. The van der Waals surface area contributed by atoms with E-state index < -0.39 is 0 Å². The summed E-state index contributed by atoms with van der Waals surface area (Å²) in [5.41, 5.74) is 1.72. The summed E-state index contributed by atoms with van der Waals surface area (Å²) in [7, 11) is 0. The van der Waals surface area contributed by atoms with Gasteiger partial charge in [0.2, 0.25) is 18.3 Å². The molecule has 0 unspecified atom stereocenters. The smallest absolute Gasteiger partial charge is 0.297 e. The number of carbonyl (C=O) groups is 1. The first-order chi connectivity index (χ1) is 13.7. The minimum absolute atomic E-state index is 0.146. The number of benzene rings is 2. The lowest BCUT2D eigenvalue weighted by Crippen LogP contribution is -2.32. The van der Waals surface area contributed by atoms with Gasteiger partial charge in [-0.3, -0.25) is 14.2 Å². The normalized spacial score (nSPS) is 12.6. The van der Waals surface area contributed by atoms with Gasteiger partial charge in [0.05, 0.1) is 6.33 Å². The molecule has 2 aromatic carbocycles. The third-order valence-electron chi connectivity index (χ3n) is 4.59. The summed E-state index contributed by atoms with van der Waals surface area (Å²) in [5, 5.41) is 3.56. The number of nitrogens with zero attached hydrogens (tertiary/aromatic N) is 2. The highest BCUT2D eigenvalue weighted by Crippen LogP contribution is 2.32. The zero-order valence-corrected chi connectivity index (χ0v) is 14.7. The Morgan fingerprint density at radius 3 is 2.93 bits per heavy atom. The van der Waals surface area contributed by atoms with E-state index in [1.807, 2.05) is 30.3 Å². The standard InChI is InChI=1S/C20H15N3O5/c24-17(21-8-12-5-6-15-16(7-12)27-11-26-15)9-23-10-22-18-13-3-1-2-4-14(13)28-19(18)20(23)25/h1-7,10H,8-9,11H2,(H,21,24). The van der Waals surface area contributed by atoms with E-state index in [4.69, 9.17) is 13.9 Å². The number of amides is 1. The van der Waals surface area contributed by atoms with Crippen molar-refractivity contribution in [2.24, 2.45) is 0 Å². The zero-order valence-electron chi connectivity index (χ0n) is 14.7. The Bertz CT molecular complexity index is 1270. The predicted octanol–water partition coefficient (Wildman–Crippen LogP) is 2.19. The average molecular weight is 377 g/mol. The van der Waals surface area contributed by atoms with Crippen LogP contribution in [0.1, 0.15) is 5.56 Å². The first kappa shape index (κ1) is 16.4. The molecule has 0 spiro atoms. The van der Waals surface area contributed by atoms with E-state index >= 15 is 0 Å². The fraction of sp³-hybridized carbons (Fsp3) is 0.150. The van der Waals surface area contributed by atoms with Crippen LogP contribution in [0, 0.1) is 0 Å². The molecule has 0 fully saturated rings. The van der Waals surface area contributed by atoms with E-state index in [-0.39, 0.29) is 30.4 Å². The van der Waals surface area contributed by atoms with Crippen molar-refractivity contribution in [2.75, 3.05) is 6.79 Å². The van der Waals surface area contributed by atoms with Crippen LogP contribution in [0.3, 0.4) is 0 Å². The van der Waals surface area contributed by atoms with Crippen LogP contribution in [-0.2, 0) is 17.9 Å². The van der Waals surface area contributed by atoms with Gasteiger partial charge in [-0.05, 0) is 29.8 Å². The maximum absolute atomic E-state index is 12.7. The van der Waals surface area contributed by atoms with Crippen LogP contribution < -0.4 is 20.3 Å². The van der Waals surface area contributed by atoms with Crippen molar-refractivity contribution in [3.63, 3.8) is 0 Å². The Kier molecular flexibility index (Phi) is 3.75. The Labute approximate surface area is 158 Å². The number of furan rings is 1. The van der Waals surface area contributed by atoms with Crippen molar-refractivity contribution < 1.29 is 18.7 Å². The fourth-order valence-corrected chi connectivity index (χ4v) is 3.19. The van der Waals surface area contributed by atoms with Gasteiger partial charge in [0.25, 0.3) is 5.56 Å². The zero-order chi connectivity index (χ0) is 19.1. The topological polar surface area (TPSA) is 95.6 Å². The van der Waals surface area contributed by atoms with Gasteiger partial charge in [0.15, 0.2) is 11.5 Å². The van der Waals surface area contributed by atoms with E-state index in [2.05, 4.69) is 10.3 Å². The maximum atomic E-state index is 12.7. The number of para-hydroxylation sites is 1. The summed E-state index contributed by atoms with van der Waals surface area (Å²) >= 11 is 0. The molecule has 0 radical (unpaired) electrons. The molecule has 28 heavy (non-hydrogen) atoms. The summed E-state index contributed by atoms with van der Waals surface area (Å²) in [5.74, 6) is 1.03. The van der Waals surface area contributed by atoms with Crippen LogP contribution in [-0.4, -0.2) is 22.3 Å². The lowest BCUT2D eigenvalue weighted by Gasteiger charge is -2.07. The van der Waals surface area contributed by atoms with Gasteiger partial charge in [-0.1, -0.05) is 18.2 Å². The number of hydrogen-bond acceptors (Lipinski definition) is 6. The van der Waals surface area contributed by atoms with E-state index in [0.29, 0.717) is 29.1 Å². The quantitative estimate of drug-likeness (QED) is 0.586. The molecule has 0 aliphatic carbocycles. The molecule has 1 aliphatic heterocycles. The third kappa shape index (κ3) is 2.75. The van der Waals surface area contributed by atoms with Crippen molar-refractivity contribution in [3.8, 4) is 11.5 Å². The largest absolute Gasteiger partial charge is 0.454 e. The molecule has 2 aromatic heterocycles. The van der Waals surface area contributed by atoms with Crippen LogP contribution in [0.2, 0.25) is 0 Å². The molecule has 3 heterocycles. The minimum Gasteiger partial charge on any atom is -0.454 e. The summed E-state index contributed by atoms with van der Waals surface area (Å²) in [6.07, 6.45) is 1.37. The van der Waals surface area contributed by atoms with Crippen molar-refractivity contribution in [3.05, 3.63) is 64.7 Å². The lowest BCUT2D eigenvalue weighted by atomic mass is 10.2. The second-order valence-corrected chi connectivity index (χ2v) is 6.42. The molecule has 0 saturated carbocycles. The van der Waals surface area contributed by atoms with Crippen LogP contribution in [0.15, 0.2) is 58.0 Å². The minimum atomic E-state index is -0.389. The fourth-order valence-electron chi connectivity index (χ4n) is 3.19. The van der Waals surface area contributed by atoms with Crippen LogP contribution in [0.5, 0.6) is 11.5 Å². The maximum Gasteiger partial charge on any atom is 0.297 e. The van der Waals surface area contributed by atoms with Gasteiger partial charge in [-0.15, -0.1) is 0 Å². The van der Waals surface area contributed by atoms with Gasteiger partial charge < -0.3 is 19.2 Å². The van der Waals surface area contributed by atoms with Crippen LogP contribution in [0.4, 0.5) is 0 Å². The van der Waals surface area contributed by atoms with Crippen LogP contribution >= 0.6 is 0 Å². The first-order valence-corrected chi connectivity index (χ1v) is 8.71. The van der Waals surface area contributed by atoms with Crippen molar-refractivity contribution >= 4 is 28.0 Å². The number of ether oxygens (including phenoxy) is 2. The van der Waals surface area contributed by atoms with E-state index in [1.165, 1.54) is 10.9 Å². The number of carbonyl (C=O) groups excluding carboxylic acids is 1. The lowest BCUT2D eigenvalue weighted by molar-refractivity contribution is -0.121. The predicted molar refractivity (Wildman–Crippen MR) is 100 cm³/mol. The highest BCUT2D eigenvalue weighted by atomic mass is 16.7. The molecule has 0 saturated heterocycles. The number of aromatic nitrogens is 2. The Morgan fingerprint density at radius 2 is 2.00 bits per heavy atom. The van der Waals surface area contributed by atoms with Crippen LogP contribution in [0.25, 0.3) is 22.1 Å². The van der Waals surface area contributed by atoms with Crippen molar-refractivity contribution in [1.82, 2.24) is 14.9 Å². The van der Waals surface area contributed by atoms with E-state index in [1.54, 1.807) is 12.1 Å². The summed E-state index contributed by atoms with van der Waals surface area (Å²) < 4.78 is 17.4. The molecule has 4 aromatic rings. The molecule has 1 N–H and O–H groups in total. The number of rotatable bonds is 4. The van der Waals surface area contributed by atoms with Gasteiger partial charge in [-0.25, -0.2) is 4.98 Å². The van der Waals surface area contributed by atoms with Gasteiger partial charge >= 0.3 is 0 Å². The molecule has 0 bridgehead atoms. The molecule has 5 rings (SSSR count). The highest BCUT2D eigenvalue weighted by molar-refractivity contribution is 6.01. The SMILES string of the molecule is O=C(Cn1cnc2c(oc3ccccc32)c1=O)NCc1ccc2c(c1)OCO2. The number of fused-ring (bicyclic) bond motifs is 4. The highest BCUT2D eigenvalue weighted by Gasteiger charge is 2.15. The Balaban J connectivity index is 1.33. The summed E-state index contributed by atoms with van der Waals surface area (Å²) in [6.45, 7) is 0.360. The van der Waals surface area contributed by atoms with E-state index in [0.717, 1.165) is 10.9 Å². The summed E-state index contributed by atoms with van der Waals surface area (Å²) in [4.78, 5) is 29.2. The average Bonchev–Trinajstić information content (AvgIpc) is 3.33. The van der Waals surface area contributed by atoms with E-state index in [9.17, 15) is 9.59 Å². The van der Waals surface area contributed by atoms with Crippen molar-refractivity contribution in [1.29, 1.82) is 0 Å². The van der Waals surface area contributed by atoms with Gasteiger partial charge in [0, 0.05) is 11.9 Å². The Hall–Kier alpha value is -3.81. The molecular formula is C20H15N3O5.